The molecule has 4 nitrogen and oxygen atoms in total. The zero-order valence-corrected chi connectivity index (χ0v) is 34.2. The molecule has 260 valence electrons. The summed E-state index contributed by atoms with van der Waals surface area (Å²) in [5.74, 6) is 0. The average Bonchev–Trinajstić information content (AvgIpc) is 3.21. The van der Waals surface area contributed by atoms with Crippen molar-refractivity contribution in [3.05, 3.63) is 182 Å². The molecule has 0 saturated carbocycles. The Morgan fingerprint density at radius 2 is 0.569 bits per heavy atom. The topological polar surface area (TPSA) is 36.9 Å². The van der Waals surface area contributed by atoms with Gasteiger partial charge in [0.1, 0.15) is 0 Å². The second kappa shape index (κ2) is 18.3. The number of unbranched alkanes of at least 4 members (excludes halogenated alkanes) is 2. The van der Waals surface area contributed by atoms with Crippen molar-refractivity contribution >= 4 is 47.8 Å². The van der Waals surface area contributed by atoms with Gasteiger partial charge in [-0.3, -0.25) is 0 Å². The van der Waals surface area contributed by atoms with Gasteiger partial charge >= 0.3 is 315 Å². The predicted molar refractivity (Wildman–Crippen MR) is 212 cm³/mol. The van der Waals surface area contributed by atoms with Gasteiger partial charge in [0.2, 0.25) is 0 Å². The first-order valence-electron chi connectivity index (χ1n) is 18.2. The summed E-state index contributed by atoms with van der Waals surface area (Å²) in [7, 11) is -6.68. The van der Waals surface area contributed by atoms with Gasteiger partial charge in [-0.15, -0.1) is 0 Å². The summed E-state index contributed by atoms with van der Waals surface area (Å²) in [5.41, 5.74) is 0. The first kappa shape index (κ1) is 37.2. The van der Waals surface area contributed by atoms with Crippen molar-refractivity contribution in [2.75, 3.05) is 13.2 Å². The van der Waals surface area contributed by atoms with Crippen LogP contribution >= 0.6 is 0 Å². The summed E-state index contributed by atoms with van der Waals surface area (Å²) in [6, 6.07) is 64.2. The van der Waals surface area contributed by atoms with E-state index < -0.39 is 38.7 Å². The van der Waals surface area contributed by atoms with Crippen LogP contribution < -0.4 is 31.1 Å². The van der Waals surface area contributed by atoms with Crippen molar-refractivity contribution in [2.45, 2.75) is 39.5 Å². The second-order valence-corrected chi connectivity index (χ2v) is 26.2. The van der Waals surface area contributed by atoms with E-state index in [-0.39, 0.29) is 0 Å². The van der Waals surface area contributed by atoms with Crippen LogP contribution in [-0.2, 0) is 32.7 Å². The summed E-state index contributed by atoms with van der Waals surface area (Å²) in [6.07, 6.45) is 3.70. The molecule has 6 aromatic carbocycles. The van der Waals surface area contributed by atoms with E-state index in [1.54, 1.807) is 0 Å². The molecule has 0 bridgehead atoms. The third kappa shape index (κ3) is 8.42. The van der Waals surface area contributed by atoms with Crippen LogP contribution in [0.4, 0.5) is 0 Å². The van der Waals surface area contributed by atoms with Crippen LogP contribution in [0.2, 0.25) is 0 Å². The number of hydrogen-bond acceptors (Lipinski definition) is 4. The quantitative estimate of drug-likeness (QED) is 0.0546. The van der Waals surface area contributed by atoms with Crippen molar-refractivity contribution < 1.29 is 32.7 Å². The Hall–Kier alpha value is -3.52. The molecule has 0 saturated heterocycles. The summed E-state index contributed by atoms with van der Waals surface area (Å²) in [5, 5.41) is 6.73. The van der Waals surface area contributed by atoms with Crippen LogP contribution in [0, 0.1) is 0 Å². The number of benzene rings is 6. The Kier molecular flexibility index (Phi) is 13.4. The van der Waals surface area contributed by atoms with Gasteiger partial charge in [0.25, 0.3) is 0 Å². The molecule has 0 aliphatic carbocycles. The molecular weight excluding hydrogens is 740 g/mol. The minimum atomic E-state index is -5.26. The van der Waals surface area contributed by atoms with E-state index >= 15 is 0 Å². The monoisotopic (exact) mass is 786 g/mol. The van der Waals surface area contributed by atoms with Crippen LogP contribution in [0.1, 0.15) is 39.5 Å². The van der Waals surface area contributed by atoms with Crippen LogP contribution in [0.3, 0.4) is 0 Å². The molecule has 0 N–H and O–H groups in total. The zero-order valence-electron chi connectivity index (χ0n) is 29.7. The van der Waals surface area contributed by atoms with E-state index in [0.29, 0.717) is 13.2 Å². The van der Waals surface area contributed by atoms with E-state index in [2.05, 4.69) is 196 Å². The Morgan fingerprint density at radius 1 is 0.353 bits per heavy atom. The first-order chi connectivity index (χ1) is 25.2. The molecule has 6 rings (SSSR count). The molecule has 0 aromatic heterocycles. The van der Waals surface area contributed by atoms with Gasteiger partial charge in [0, 0.05) is 0 Å². The van der Waals surface area contributed by atoms with Gasteiger partial charge in [-0.1, -0.05) is 0 Å². The van der Waals surface area contributed by atoms with Crippen molar-refractivity contribution in [3.63, 3.8) is 0 Å². The molecule has 0 heterocycles. The Bertz CT molecular complexity index is 1530. The summed E-state index contributed by atoms with van der Waals surface area (Å²) in [4.78, 5) is 0. The van der Waals surface area contributed by atoms with Gasteiger partial charge in [-0.2, -0.15) is 0 Å². The van der Waals surface area contributed by atoms with Crippen LogP contribution in [-0.4, -0.2) is 29.8 Å². The van der Waals surface area contributed by atoms with Crippen molar-refractivity contribution in [1.82, 2.24) is 0 Å². The van der Waals surface area contributed by atoms with Crippen molar-refractivity contribution in [2.24, 2.45) is 0 Å². The molecule has 51 heavy (non-hydrogen) atoms. The van der Waals surface area contributed by atoms with Crippen molar-refractivity contribution in [1.29, 1.82) is 0 Å². The normalized spacial score (nSPS) is 12.1. The third-order valence-electron chi connectivity index (χ3n) is 9.19. The van der Waals surface area contributed by atoms with Gasteiger partial charge in [-0.25, -0.2) is 0 Å². The Balaban J connectivity index is 1.68. The maximum atomic E-state index is 8.11. The molecule has 0 radical (unpaired) electrons. The summed E-state index contributed by atoms with van der Waals surface area (Å²) >= 11 is -5.26. The van der Waals surface area contributed by atoms with E-state index in [1.807, 2.05) is 0 Å². The molecule has 0 spiro atoms. The molecule has 0 fully saturated rings. The fraction of sp³-hybridized carbons (Fsp3) is 0.182. The predicted octanol–water partition coefficient (Wildman–Crippen LogP) is 6.80. The van der Waals surface area contributed by atoms with E-state index in [4.69, 9.17) is 10.6 Å². The molecule has 7 heteroatoms. The Labute approximate surface area is 313 Å². The van der Waals surface area contributed by atoms with Crippen LogP contribution in [0.15, 0.2) is 182 Å². The standard InChI is InChI=1S/2C18H15OSi.2C4H9O.Zr/c2*19-20(16-10-4-1-5-11-16,17-12-6-2-7-13-17)18-14-8-3-9-15-18;2*1-2-3-4-5;/h2*1-15H;2*2-4H2,1H3;/q4*-1;+4. The zero-order chi connectivity index (χ0) is 35.2. The SMILES string of the molecule is CCCC[O][Zr]([O]CCCC)([O][Si](c1ccccc1)(c1ccccc1)c1ccccc1)[O][Si](c1ccccc1)(c1ccccc1)c1ccccc1. The second-order valence-electron chi connectivity index (χ2n) is 12.7. The molecular formula is C44H48O4Si2Zr. The summed E-state index contributed by atoms with van der Waals surface area (Å²) < 4.78 is 30.8. The van der Waals surface area contributed by atoms with Crippen LogP contribution in [0.25, 0.3) is 0 Å². The fourth-order valence-electron chi connectivity index (χ4n) is 6.63. The van der Waals surface area contributed by atoms with Gasteiger partial charge in [-0.05, 0) is 0 Å². The molecule has 0 aliphatic heterocycles. The molecule has 6 aromatic rings. The summed E-state index contributed by atoms with van der Waals surface area (Å²) in [6.45, 7) is 5.36. The average molecular weight is 788 g/mol. The van der Waals surface area contributed by atoms with Crippen LogP contribution in [0.5, 0.6) is 0 Å². The Morgan fingerprint density at radius 3 is 0.765 bits per heavy atom. The molecule has 0 amide bonds. The molecule has 0 aliphatic rings. The van der Waals surface area contributed by atoms with Gasteiger partial charge < -0.3 is 0 Å². The molecule has 0 unspecified atom stereocenters. The maximum absolute atomic E-state index is 8.11. The van der Waals surface area contributed by atoms with Gasteiger partial charge in [0.05, 0.1) is 0 Å². The minimum absolute atomic E-state index is 0.490. The van der Waals surface area contributed by atoms with E-state index in [0.717, 1.165) is 56.8 Å². The fourth-order valence-corrected chi connectivity index (χ4v) is 30.0. The first-order valence-corrected chi connectivity index (χ1v) is 26.0. The number of rotatable bonds is 18. The number of hydrogen-bond donors (Lipinski definition) is 0. The van der Waals surface area contributed by atoms with Crippen molar-refractivity contribution in [3.8, 4) is 0 Å². The van der Waals surface area contributed by atoms with Gasteiger partial charge in [0.15, 0.2) is 0 Å². The van der Waals surface area contributed by atoms with E-state index in [1.165, 1.54) is 0 Å². The third-order valence-corrected chi connectivity index (χ3v) is 28.1. The molecule has 0 atom stereocenters. The van der Waals surface area contributed by atoms with E-state index in [9.17, 15) is 0 Å².